The Labute approximate surface area is 140 Å². The summed E-state index contributed by atoms with van der Waals surface area (Å²) in [5.41, 5.74) is 1.35. The molecule has 0 unspecified atom stereocenters. The molecule has 2 saturated carbocycles. The molecule has 3 heteroatoms. The van der Waals surface area contributed by atoms with E-state index in [4.69, 9.17) is 0 Å². The smallest absolute Gasteiger partial charge is 0.138 e. The van der Waals surface area contributed by atoms with Crippen LogP contribution in [0.1, 0.15) is 83.7 Å². The molecule has 0 saturated heterocycles. The number of rotatable bonds is 5. The van der Waals surface area contributed by atoms with Crippen molar-refractivity contribution in [3.05, 3.63) is 18.0 Å². The highest BCUT2D eigenvalue weighted by molar-refractivity contribution is 5.83. The van der Waals surface area contributed by atoms with Crippen molar-refractivity contribution in [2.75, 3.05) is 0 Å². The first kappa shape index (κ1) is 16.7. The lowest BCUT2D eigenvalue weighted by Gasteiger charge is -2.43. The Kier molecular flexibility index (Phi) is 4.93. The molecule has 3 nitrogen and oxygen atoms in total. The largest absolute Gasteiger partial charge is 0.299 e. The summed E-state index contributed by atoms with van der Waals surface area (Å²) >= 11 is 0. The van der Waals surface area contributed by atoms with Crippen molar-refractivity contribution in [3.8, 4) is 0 Å². The van der Waals surface area contributed by atoms with E-state index in [0.717, 1.165) is 24.7 Å². The molecule has 0 N–H and O–H groups in total. The van der Waals surface area contributed by atoms with Crippen LogP contribution < -0.4 is 0 Å². The summed E-state index contributed by atoms with van der Waals surface area (Å²) in [4.78, 5) is 12.0. The fourth-order valence-corrected chi connectivity index (χ4v) is 4.44. The topological polar surface area (TPSA) is 34.9 Å². The zero-order chi connectivity index (χ0) is 16.6. The molecule has 23 heavy (non-hydrogen) atoms. The third-order valence-electron chi connectivity index (χ3n) is 6.22. The van der Waals surface area contributed by atoms with E-state index in [9.17, 15) is 4.79 Å². The van der Waals surface area contributed by atoms with Crippen molar-refractivity contribution in [1.82, 2.24) is 9.78 Å². The molecule has 1 aromatic rings. The molecule has 0 amide bonds. The van der Waals surface area contributed by atoms with Crippen molar-refractivity contribution in [3.63, 3.8) is 0 Å². The Bertz CT molecular complexity index is 532. The molecule has 2 aliphatic rings. The van der Waals surface area contributed by atoms with Crippen LogP contribution in [0, 0.1) is 23.7 Å². The molecule has 128 valence electrons. The summed E-state index contributed by atoms with van der Waals surface area (Å²) in [7, 11) is 0. The molecule has 1 aromatic heterocycles. The highest BCUT2D eigenvalue weighted by Gasteiger charge is 2.40. The third kappa shape index (κ3) is 3.54. The summed E-state index contributed by atoms with van der Waals surface area (Å²) in [6.07, 6.45) is 11.7. The van der Waals surface area contributed by atoms with Crippen LogP contribution in [0.25, 0.3) is 0 Å². The quantitative estimate of drug-likeness (QED) is 0.767. The first-order valence-electron chi connectivity index (χ1n) is 9.53. The van der Waals surface area contributed by atoms with E-state index in [1.54, 1.807) is 0 Å². The van der Waals surface area contributed by atoms with Crippen molar-refractivity contribution < 1.29 is 4.79 Å². The molecule has 2 aliphatic carbocycles. The van der Waals surface area contributed by atoms with Crippen LogP contribution >= 0.6 is 0 Å². The lowest BCUT2D eigenvalue weighted by Crippen LogP contribution is -2.38. The van der Waals surface area contributed by atoms with Crippen LogP contribution in [0.3, 0.4) is 0 Å². The van der Waals surface area contributed by atoms with Gasteiger partial charge >= 0.3 is 0 Å². The Balaban J connectivity index is 1.47. The van der Waals surface area contributed by atoms with Gasteiger partial charge in [-0.3, -0.25) is 9.48 Å². The monoisotopic (exact) mass is 316 g/mol. The number of ketones is 1. The Morgan fingerprint density at radius 2 is 1.74 bits per heavy atom. The van der Waals surface area contributed by atoms with Gasteiger partial charge < -0.3 is 0 Å². The SMILES string of the molecule is CC(C)C(=O)C1CC(C2CCC(n3cc(C(C)C)cn3)CC2)C1. The minimum absolute atomic E-state index is 0.214. The first-order valence-corrected chi connectivity index (χ1v) is 9.53. The lowest BCUT2D eigenvalue weighted by molar-refractivity contribution is -0.131. The second-order valence-electron chi connectivity index (χ2n) is 8.46. The van der Waals surface area contributed by atoms with Crippen molar-refractivity contribution in [2.24, 2.45) is 23.7 Å². The summed E-state index contributed by atoms with van der Waals surface area (Å²) in [5.74, 6) is 3.30. The minimum Gasteiger partial charge on any atom is -0.299 e. The van der Waals surface area contributed by atoms with Gasteiger partial charge in [0.2, 0.25) is 0 Å². The Hall–Kier alpha value is -1.12. The second-order valence-corrected chi connectivity index (χ2v) is 8.46. The molecule has 0 aliphatic heterocycles. The van der Waals surface area contributed by atoms with Crippen LogP contribution in [0.5, 0.6) is 0 Å². The van der Waals surface area contributed by atoms with E-state index in [1.807, 2.05) is 20.0 Å². The highest BCUT2D eigenvalue weighted by Crippen LogP contribution is 2.47. The molecule has 0 radical (unpaired) electrons. The van der Waals surface area contributed by atoms with E-state index in [0.29, 0.717) is 23.7 Å². The molecule has 2 fully saturated rings. The van der Waals surface area contributed by atoms with Crippen molar-refractivity contribution in [2.45, 2.75) is 78.2 Å². The summed E-state index contributed by atoms with van der Waals surface area (Å²) in [6, 6.07) is 0.590. The maximum atomic E-state index is 12.0. The van der Waals surface area contributed by atoms with Gasteiger partial charge in [-0.25, -0.2) is 0 Å². The van der Waals surface area contributed by atoms with Gasteiger partial charge in [0.05, 0.1) is 12.2 Å². The molecule has 0 aromatic carbocycles. The van der Waals surface area contributed by atoms with Crippen LogP contribution in [0.2, 0.25) is 0 Å². The van der Waals surface area contributed by atoms with Gasteiger partial charge in [0.15, 0.2) is 0 Å². The zero-order valence-corrected chi connectivity index (χ0v) is 15.2. The summed E-state index contributed by atoms with van der Waals surface area (Å²) in [6.45, 7) is 8.53. The molecule has 1 heterocycles. The van der Waals surface area contributed by atoms with Gasteiger partial charge in [0.25, 0.3) is 0 Å². The second kappa shape index (κ2) is 6.78. The predicted octanol–water partition coefficient (Wildman–Crippen LogP) is 4.99. The van der Waals surface area contributed by atoms with Gasteiger partial charge in [-0.15, -0.1) is 0 Å². The molecule has 0 atom stereocenters. The lowest BCUT2D eigenvalue weighted by atomic mass is 9.62. The van der Waals surface area contributed by atoms with E-state index in [2.05, 4.69) is 29.8 Å². The number of carbonyl (C=O) groups excluding carboxylic acids is 1. The maximum Gasteiger partial charge on any atom is 0.138 e. The number of carbonyl (C=O) groups is 1. The average Bonchev–Trinajstić information content (AvgIpc) is 2.96. The van der Waals surface area contributed by atoms with Gasteiger partial charge in [-0.1, -0.05) is 27.7 Å². The summed E-state index contributed by atoms with van der Waals surface area (Å²) < 4.78 is 2.21. The average molecular weight is 316 g/mol. The normalized spacial score (nSPS) is 31.4. The van der Waals surface area contributed by atoms with E-state index in [1.165, 1.54) is 31.2 Å². The summed E-state index contributed by atoms with van der Waals surface area (Å²) in [5, 5.41) is 4.59. The number of Topliss-reactive ketones (excluding diaryl/α,β-unsaturated/α-hetero) is 1. The number of nitrogens with zero attached hydrogens (tertiary/aromatic N) is 2. The van der Waals surface area contributed by atoms with Crippen LogP contribution in [0.4, 0.5) is 0 Å². The number of hydrogen-bond acceptors (Lipinski definition) is 2. The molecular formula is C20H32N2O. The zero-order valence-electron chi connectivity index (χ0n) is 15.2. The fourth-order valence-electron chi connectivity index (χ4n) is 4.44. The minimum atomic E-state index is 0.214. The molecular weight excluding hydrogens is 284 g/mol. The fraction of sp³-hybridized carbons (Fsp3) is 0.800. The van der Waals surface area contributed by atoms with Gasteiger partial charge in [-0.2, -0.15) is 5.10 Å². The van der Waals surface area contributed by atoms with Crippen LogP contribution in [-0.2, 0) is 4.79 Å². The predicted molar refractivity (Wildman–Crippen MR) is 93.4 cm³/mol. The van der Waals surface area contributed by atoms with Crippen LogP contribution in [-0.4, -0.2) is 15.6 Å². The van der Waals surface area contributed by atoms with Gasteiger partial charge in [0.1, 0.15) is 5.78 Å². The Morgan fingerprint density at radius 1 is 1.09 bits per heavy atom. The van der Waals surface area contributed by atoms with Crippen molar-refractivity contribution in [1.29, 1.82) is 0 Å². The van der Waals surface area contributed by atoms with Gasteiger partial charge in [-0.05, 0) is 61.8 Å². The standard InChI is InChI=1S/C20H32N2O/c1-13(2)18-11-21-22(12-18)19-7-5-15(6-8-19)16-9-17(10-16)20(23)14(3)4/h11-17,19H,5-10H2,1-4H3. The Morgan fingerprint density at radius 3 is 2.26 bits per heavy atom. The molecule has 0 bridgehead atoms. The first-order chi connectivity index (χ1) is 11.0. The highest BCUT2D eigenvalue weighted by atomic mass is 16.1. The van der Waals surface area contributed by atoms with Crippen molar-refractivity contribution >= 4 is 5.78 Å². The third-order valence-corrected chi connectivity index (χ3v) is 6.22. The van der Waals surface area contributed by atoms with E-state index >= 15 is 0 Å². The molecule has 0 spiro atoms. The maximum absolute atomic E-state index is 12.0. The van der Waals surface area contributed by atoms with E-state index in [-0.39, 0.29) is 5.92 Å². The van der Waals surface area contributed by atoms with E-state index < -0.39 is 0 Å². The molecule has 3 rings (SSSR count). The van der Waals surface area contributed by atoms with Crippen LogP contribution in [0.15, 0.2) is 12.4 Å². The number of hydrogen-bond donors (Lipinski definition) is 0. The number of aromatic nitrogens is 2. The van der Waals surface area contributed by atoms with Gasteiger partial charge in [0, 0.05) is 18.0 Å².